The van der Waals surface area contributed by atoms with E-state index >= 15 is 0 Å². The fourth-order valence-corrected chi connectivity index (χ4v) is 4.31. The third-order valence-corrected chi connectivity index (χ3v) is 5.97. The molecule has 0 unspecified atom stereocenters. The van der Waals surface area contributed by atoms with Crippen LogP contribution in [0.1, 0.15) is 63.7 Å². The molecule has 0 bridgehead atoms. The highest BCUT2D eigenvalue weighted by Gasteiger charge is 2.23. The van der Waals surface area contributed by atoms with Gasteiger partial charge in [-0.2, -0.15) is 0 Å². The van der Waals surface area contributed by atoms with E-state index in [2.05, 4.69) is 36.7 Å². The van der Waals surface area contributed by atoms with Crippen LogP contribution >= 0.6 is 0 Å². The number of nitrogens with zero attached hydrogens (tertiary/aromatic N) is 2. The molecule has 180 valence electrons. The Balaban J connectivity index is 1.66. The fraction of sp³-hybridized carbons (Fsp3) is 0.423. The van der Waals surface area contributed by atoms with Gasteiger partial charge in [0.25, 0.3) is 5.91 Å². The van der Waals surface area contributed by atoms with Gasteiger partial charge in [0.15, 0.2) is 0 Å². The quantitative estimate of drug-likeness (QED) is 0.454. The van der Waals surface area contributed by atoms with Crippen molar-refractivity contribution in [1.29, 1.82) is 0 Å². The summed E-state index contributed by atoms with van der Waals surface area (Å²) in [6.07, 6.45) is 5.59. The molecule has 1 saturated carbocycles. The second kappa shape index (κ2) is 9.46. The third kappa shape index (κ3) is 5.56. The molecule has 8 nitrogen and oxygen atoms in total. The second-order valence-corrected chi connectivity index (χ2v) is 10.2. The van der Waals surface area contributed by atoms with Crippen LogP contribution in [0.25, 0.3) is 16.9 Å². The van der Waals surface area contributed by atoms with Gasteiger partial charge in [0, 0.05) is 47.6 Å². The van der Waals surface area contributed by atoms with E-state index in [1.54, 1.807) is 0 Å². The van der Waals surface area contributed by atoms with E-state index in [9.17, 15) is 9.59 Å². The number of carbonyl (C=O) groups excluding carboxylic acids is 2. The average Bonchev–Trinajstić information content (AvgIpc) is 3.11. The summed E-state index contributed by atoms with van der Waals surface area (Å²) in [5.41, 5.74) is 9.49. The Morgan fingerprint density at radius 1 is 1.06 bits per heavy atom. The summed E-state index contributed by atoms with van der Waals surface area (Å²) in [5, 5.41) is 9.49. The average molecular weight is 463 g/mol. The number of fused-ring (bicyclic) bond motifs is 1. The van der Waals surface area contributed by atoms with Crippen molar-refractivity contribution in [2.75, 3.05) is 10.6 Å². The molecule has 2 heterocycles. The minimum Gasteiger partial charge on any atom is -0.365 e. The Labute approximate surface area is 200 Å². The molecule has 5 N–H and O–H groups in total. The van der Waals surface area contributed by atoms with E-state index in [4.69, 9.17) is 10.7 Å². The molecular formula is C26H34N6O2. The topological polar surface area (TPSA) is 114 Å². The van der Waals surface area contributed by atoms with Crippen LogP contribution < -0.4 is 21.7 Å². The van der Waals surface area contributed by atoms with E-state index in [0.717, 1.165) is 48.4 Å². The monoisotopic (exact) mass is 462 g/mol. The molecule has 8 heteroatoms. The maximum atomic E-state index is 12.9. The molecule has 1 aliphatic rings. The van der Waals surface area contributed by atoms with E-state index < -0.39 is 0 Å². The van der Waals surface area contributed by atoms with Gasteiger partial charge < -0.3 is 21.7 Å². The van der Waals surface area contributed by atoms with Crippen molar-refractivity contribution in [3.8, 4) is 11.3 Å². The lowest BCUT2D eigenvalue weighted by Crippen LogP contribution is -2.40. The van der Waals surface area contributed by atoms with Gasteiger partial charge in [-0.3, -0.25) is 14.0 Å². The fourth-order valence-electron chi connectivity index (χ4n) is 4.31. The van der Waals surface area contributed by atoms with Crippen LogP contribution in [0.4, 0.5) is 11.5 Å². The summed E-state index contributed by atoms with van der Waals surface area (Å²) < 4.78 is 1.97. The zero-order valence-corrected chi connectivity index (χ0v) is 20.3. The normalized spacial score (nSPS) is 18.5. The number of hydrogen-bond acceptors (Lipinski definition) is 5. The Morgan fingerprint density at radius 3 is 2.35 bits per heavy atom. The molecule has 0 radical (unpaired) electrons. The molecule has 1 fully saturated rings. The molecule has 34 heavy (non-hydrogen) atoms. The minimum absolute atomic E-state index is 0.0856. The Kier molecular flexibility index (Phi) is 6.61. The molecule has 4 rings (SSSR count). The number of anilines is 2. The number of imidazole rings is 1. The summed E-state index contributed by atoms with van der Waals surface area (Å²) >= 11 is 0. The molecule has 1 aromatic carbocycles. The first-order valence-corrected chi connectivity index (χ1v) is 11.8. The zero-order chi connectivity index (χ0) is 24.5. The standard InChI is InChI=1S/C26H34N6O2/c1-16(33)28-20-9-5-17(6-10-20)23-24(31-26(2,3)4)32-14-13-18(15-22(32)30-23)25(34)29-21-11-7-19(27)8-12-21/h5-6,9-10,13-15,19,21,31H,7-8,11-12,27H2,1-4H3,(H,28,33)(H,29,34). The summed E-state index contributed by atoms with van der Waals surface area (Å²) in [6.45, 7) is 7.76. The van der Waals surface area contributed by atoms with Crippen molar-refractivity contribution < 1.29 is 9.59 Å². The molecule has 3 aromatic rings. The Morgan fingerprint density at radius 2 is 1.74 bits per heavy atom. The summed E-state index contributed by atoms with van der Waals surface area (Å²) in [6, 6.07) is 11.6. The van der Waals surface area contributed by atoms with E-state index in [-0.39, 0.29) is 29.4 Å². The Hall–Kier alpha value is -3.39. The van der Waals surface area contributed by atoms with Crippen molar-refractivity contribution in [1.82, 2.24) is 14.7 Å². The number of nitrogens with one attached hydrogen (secondary N) is 3. The number of aromatic nitrogens is 2. The van der Waals surface area contributed by atoms with Crippen LogP contribution in [-0.4, -0.2) is 38.8 Å². The number of amides is 2. The van der Waals surface area contributed by atoms with Crippen LogP contribution in [0.5, 0.6) is 0 Å². The van der Waals surface area contributed by atoms with Crippen molar-refractivity contribution in [2.45, 2.75) is 71.0 Å². The first kappa shape index (κ1) is 23.8. The van der Waals surface area contributed by atoms with Gasteiger partial charge in [0.1, 0.15) is 17.2 Å². The SMILES string of the molecule is CC(=O)Nc1ccc(-c2nc3cc(C(=O)NC4CCC(N)CC4)ccn3c2NC(C)(C)C)cc1. The van der Waals surface area contributed by atoms with Crippen molar-refractivity contribution in [3.63, 3.8) is 0 Å². The van der Waals surface area contributed by atoms with E-state index in [1.165, 1.54) is 6.92 Å². The molecule has 2 amide bonds. The summed E-state index contributed by atoms with van der Waals surface area (Å²) in [7, 11) is 0. The first-order valence-electron chi connectivity index (χ1n) is 11.8. The molecule has 0 saturated heterocycles. The van der Waals surface area contributed by atoms with Crippen molar-refractivity contribution >= 4 is 29.0 Å². The minimum atomic E-state index is -0.196. The van der Waals surface area contributed by atoms with Crippen LogP contribution in [0.15, 0.2) is 42.6 Å². The smallest absolute Gasteiger partial charge is 0.251 e. The van der Waals surface area contributed by atoms with E-state index in [1.807, 2.05) is 47.0 Å². The van der Waals surface area contributed by atoms with Crippen LogP contribution in [0, 0.1) is 0 Å². The van der Waals surface area contributed by atoms with Crippen LogP contribution in [0.3, 0.4) is 0 Å². The predicted octanol–water partition coefficient (Wildman–Crippen LogP) is 4.17. The molecule has 0 atom stereocenters. The van der Waals surface area contributed by atoms with Gasteiger partial charge in [-0.15, -0.1) is 0 Å². The number of rotatable bonds is 5. The highest BCUT2D eigenvalue weighted by atomic mass is 16.2. The number of hydrogen-bond donors (Lipinski definition) is 4. The van der Waals surface area contributed by atoms with Gasteiger partial charge in [0.05, 0.1) is 0 Å². The van der Waals surface area contributed by atoms with Gasteiger partial charge in [-0.05, 0) is 70.7 Å². The zero-order valence-electron chi connectivity index (χ0n) is 20.3. The van der Waals surface area contributed by atoms with Gasteiger partial charge in [0.2, 0.25) is 5.91 Å². The maximum absolute atomic E-state index is 12.9. The van der Waals surface area contributed by atoms with Crippen LogP contribution in [0.2, 0.25) is 0 Å². The van der Waals surface area contributed by atoms with Gasteiger partial charge in [-0.1, -0.05) is 12.1 Å². The number of nitrogens with two attached hydrogens (primary N) is 1. The number of benzene rings is 1. The highest BCUT2D eigenvalue weighted by Crippen LogP contribution is 2.32. The third-order valence-electron chi connectivity index (χ3n) is 5.97. The largest absolute Gasteiger partial charge is 0.365 e. The molecule has 0 spiro atoms. The number of pyridine rings is 1. The molecular weight excluding hydrogens is 428 g/mol. The number of carbonyl (C=O) groups is 2. The Bertz CT molecular complexity index is 1180. The summed E-state index contributed by atoms with van der Waals surface area (Å²) in [4.78, 5) is 29.1. The molecule has 0 aliphatic heterocycles. The lowest BCUT2D eigenvalue weighted by molar-refractivity contribution is -0.114. The van der Waals surface area contributed by atoms with Gasteiger partial charge >= 0.3 is 0 Å². The highest BCUT2D eigenvalue weighted by molar-refractivity contribution is 5.95. The lowest BCUT2D eigenvalue weighted by atomic mass is 9.91. The maximum Gasteiger partial charge on any atom is 0.251 e. The van der Waals surface area contributed by atoms with E-state index in [0.29, 0.717) is 11.2 Å². The summed E-state index contributed by atoms with van der Waals surface area (Å²) in [5.74, 6) is 0.651. The van der Waals surface area contributed by atoms with Crippen LogP contribution in [-0.2, 0) is 4.79 Å². The first-order chi connectivity index (χ1) is 16.1. The molecule has 1 aliphatic carbocycles. The predicted molar refractivity (Wildman–Crippen MR) is 136 cm³/mol. The lowest BCUT2D eigenvalue weighted by Gasteiger charge is -2.26. The second-order valence-electron chi connectivity index (χ2n) is 10.2. The van der Waals surface area contributed by atoms with Gasteiger partial charge in [-0.25, -0.2) is 4.98 Å². The molecule has 2 aromatic heterocycles. The van der Waals surface area contributed by atoms with Crippen molar-refractivity contribution in [3.05, 3.63) is 48.2 Å². The van der Waals surface area contributed by atoms with Crippen molar-refractivity contribution in [2.24, 2.45) is 5.73 Å².